The lowest BCUT2D eigenvalue weighted by molar-refractivity contribution is -0.150. The largest absolute Gasteiger partial charge is 0.481 e. The highest BCUT2D eigenvalue weighted by molar-refractivity contribution is 5.78. The smallest absolute Gasteiger partial charge is 0.314 e. The number of ether oxygens (including phenoxy) is 1. The fourth-order valence-corrected chi connectivity index (χ4v) is 2.49. The zero-order chi connectivity index (χ0) is 15.7. The van der Waals surface area contributed by atoms with Crippen LogP contribution in [0.3, 0.4) is 0 Å². The molecule has 1 fully saturated rings. The Morgan fingerprint density at radius 1 is 1.24 bits per heavy atom. The third-order valence-electron chi connectivity index (χ3n) is 3.73. The summed E-state index contributed by atoms with van der Waals surface area (Å²) in [5.74, 6) is -0.813. The van der Waals surface area contributed by atoms with Crippen LogP contribution >= 0.6 is 0 Å². The van der Waals surface area contributed by atoms with Crippen molar-refractivity contribution in [3.8, 4) is 0 Å². The zero-order valence-electron chi connectivity index (χ0n) is 12.7. The first-order chi connectivity index (χ1) is 9.96. The minimum absolute atomic E-state index is 0.181. The van der Waals surface area contributed by atoms with E-state index >= 15 is 0 Å². The van der Waals surface area contributed by atoms with Crippen LogP contribution in [0.4, 0.5) is 4.79 Å². The fraction of sp³-hybridized carbons (Fsp3) is 0.733. The fourth-order valence-electron chi connectivity index (χ4n) is 2.49. The van der Waals surface area contributed by atoms with E-state index in [1.165, 1.54) is 0 Å². The minimum Gasteiger partial charge on any atom is -0.481 e. The Morgan fingerprint density at radius 2 is 1.90 bits per heavy atom. The second-order valence-corrected chi connectivity index (χ2v) is 5.77. The van der Waals surface area contributed by atoms with E-state index in [-0.39, 0.29) is 12.6 Å². The van der Waals surface area contributed by atoms with E-state index in [1.54, 1.807) is 0 Å². The van der Waals surface area contributed by atoms with Gasteiger partial charge < -0.3 is 20.5 Å². The van der Waals surface area contributed by atoms with Gasteiger partial charge in [-0.2, -0.15) is 0 Å². The number of urea groups is 1. The lowest BCUT2D eigenvalue weighted by Crippen LogP contribution is -2.47. The van der Waals surface area contributed by atoms with E-state index in [4.69, 9.17) is 4.74 Å². The van der Waals surface area contributed by atoms with E-state index in [9.17, 15) is 14.7 Å². The van der Waals surface area contributed by atoms with Gasteiger partial charge in [0.05, 0.1) is 18.6 Å². The third-order valence-corrected chi connectivity index (χ3v) is 3.73. The molecule has 21 heavy (non-hydrogen) atoms. The summed E-state index contributed by atoms with van der Waals surface area (Å²) in [6.45, 7) is 7.04. The molecule has 0 heterocycles. The lowest BCUT2D eigenvalue weighted by atomic mass is 9.74. The normalized spacial score (nSPS) is 17.0. The van der Waals surface area contributed by atoms with Gasteiger partial charge in [0, 0.05) is 13.1 Å². The number of carboxylic acids is 1. The van der Waals surface area contributed by atoms with Gasteiger partial charge in [0.2, 0.25) is 0 Å². The Bertz CT molecular complexity index is 376. The highest BCUT2D eigenvalue weighted by Gasteiger charge is 2.39. The van der Waals surface area contributed by atoms with Gasteiger partial charge >= 0.3 is 12.0 Å². The summed E-state index contributed by atoms with van der Waals surface area (Å²) in [4.78, 5) is 23.1. The van der Waals surface area contributed by atoms with Crippen molar-refractivity contribution in [2.75, 3.05) is 26.3 Å². The molecule has 1 aliphatic rings. The maximum Gasteiger partial charge on any atom is 0.314 e. The van der Waals surface area contributed by atoms with Crippen LogP contribution in [0, 0.1) is 5.41 Å². The predicted octanol–water partition coefficient (Wildman–Crippen LogP) is 1.91. The summed E-state index contributed by atoms with van der Waals surface area (Å²) >= 11 is 0. The molecule has 0 aromatic heterocycles. The maximum absolute atomic E-state index is 11.7. The molecule has 0 atom stereocenters. The van der Waals surface area contributed by atoms with Crippen LogP contribution in [0.1, 0.15) is 39.0 Å². The van der Waals surface area contributed by atoms with Gasteiger partial charge in [0.15, 0.2) is 0 Å². The van der Waals surface area contributed by atoms with Crippen LogP contribution in [0.5, 0.6) is 0 Å². The molecule has 2 amide bonds. The zero-order valence-corrected chi connectivity index (χ0v) is 12.7. The first kappa shape index (κ1) is 17.5. The van der Waals surface area contributed by atoms with Gasteiger partial charge in [0.25, 0.3) is 0 Å². The molecule has 1 rings (SSSR count). The van der Waals surface area contributed by atoms with Crippen LogP contribution in [0.25, 0.3) is 0 Å². The summed E-state index contributed by atoms with van der Waals surface area (Å²) in [7, 11) is 0. The van der Waals surface area contributed by atoms with Crippen molar-refractivity contribution >= 4 is 12.0 Å². The number of carbonyl (C=O) groups is 2. The maximum atomic E-state index is 11.7. The van der Waals surface area contributed by atoms with Gasteiger partial charge in [-0.05, 0) is 19.8 Å². The minimum atomic E-state index is -0.813. The number of rotatable bonds is 8. The highest BCUT2D eigenvalue weighted by Crippen LogP contribution is 2.35. The van der Waals surface area contributed by atoms with Crippen molar-refractivity contribution in [3.63, 3.8) is 0 Å². The second kappa shape index (κ2) is 8.67. The Hall–Kier alpha value is -1.56. The van der Waals surface area contributed by atoms with E-state index < -0.39 is 11.4 Å². The molecule has 0 aliphatic heterocycles. The Morgan fingerprint density at radius 3 is 2.48 bits per heavy atom. The van der Waals surface area contributed by atoms with Crippen molar-refractivity contribution in [3.05, 3.63) is 12.2 Å². The van der Waals surface area contributed by atoms with Crippen molar-refractivity contribution in [2.45, 2.75) is 39.0 Å². The summed E-state index contributed by atoms with van der Waals surface area (Å²) in [6.07, 6.45) is 4.14. The van der Waals surface area contributed by atoms with Crippen LogP contribution in [0.2, 0.25) is 0 Å². The summed E-state index contributed by atoms with van der Waals surface area (Å²) in [6, 6.07) is -0.347. The lowest BCUT2D eigenvalue weighted by Gasteiger charge is -2.33. The molecule has 0 aromatic rings. The van der Waals surface area contributed by atoms with Crippen LogP contribution in [-0.4, -0.2) is 43.4 Å². The second-order valence-electron chi connectivity index (χ2n) is 5.77. The van der Waals surface area contributed by atoms with Gasteiger partial charge in [-0.25, -0.2) is 4.79 Å². The number of carbonyl (C=O) groups excluding carboxylic acids is 1. The molecule has 0 bridgehead atoms. The standard InChI is InChI=1S/C15H26N2O4/c1-12(2)10-21-9-8-16-14(20)17-11-15(13(18)19)6-4-3-5-7-15/h1,3-11H2,2H3,(H,18,19)(H2,16,17,20). The van der Waals surface area contributed by atoms with Gasteiger partial charge in [-0.1, -0.05) is 31.4 Å². The van der Waals surface area contributed by atoms with Gasteiger partial charge in [-0.3, -0.25) is 4.79 Å². The Balaban J connectivity index is 2.24. The highest BCUT2D eigenvalue weighted by atomic mass is 16.5. The van der Waals surface area contributed by atoms with Gasteiger partial charge in [0.1, 0.15) is 0 Å². The summed E-state index contributed by atoms with van der Waals surface area (Å²) in [5.41, 5.74) is 0.131. The number of amides is 2. The number of hydrogen-bond donors (Lipinski definition) is 3. The molecular formula is C15H26N2O4. The Labute approximate surface area is 125 Å². The topological polar surface area (TPSA) is 87.7 Å². The van der Waals surface area contributed by atoms with E-state index in [2.05, 4.69) is 17.2 Å². The Kier molecular flexibility index (Phi) is 7.22. The molecule has 120 valence electrons. The molecule has 6 nitrogen and oxygen atoms in total. The first-order valence-electron chi connectivity index (χ1n) is 7.43. The number of nitrogens with one attached hydrogen (secondary N) is 2. The SMILES string of the molecule is C=C(C)COCCNC(=O)NCC1(C(=O)O)CCCCC1. The first-order valence-corrected chi connectivity index (χ1v) is 7.43. The molecule has 0 radical (unpaired) electrons. The molecular weight excluding hydrogens is 272 g/mol. The van der Waals surface area contributed by atoms with Crippen LogP contribution < -0.4 is 10.6 Å². The summed E-state index contributed by atoms with van der Waals surface area (Å²) < 4.78 is 5.26. The van der Waals surface area contributed by atoms with Crippen LogP contribution in [-0.2, 0) is 9.53 Å². The van der Waals surface area contributed by atoms with E-state index in [1.807, 2.05) is 6.92 Å². The molecule has 1 aliphatic carbocycles. The average Bonchev–Trinajstić information content (AvgIpc) is 2.45. The third kappa shape index (κ3) is 6.16. The van der Waals surface area contributed by atoms with Crippen molar-refractivity contribution in [1.82, 2.24) is 10.6 Å². The van der Waals surface area contributed by atoms with Crippen LogP contribution in [0.15, 0.2) is 12.2 Å². The van der Waals surface area contributed by atoms with Crippen molar-refractivity contribution < 1.29 is 19.4 Å². The van der Waals surface area contributed by atoms with Crippen molar-refractivity contribution in [1.29, 1.82) is 0 Å². The number of hydrogen-bond acceptors (Lipinski definition) is 3. The molecule has 0 unspecified atom stereocenters. The molecule has 6 heteroatoms. The predicted molar refractivity (Wildman–Crippen MR) is 80.2 cm³/mol. The average molecular weight is 298 g/mol. The summed E-state index contributed by atoms with van der Waals surface area (Å²) in [5, 5.41) is 14.7. The van der Waals surface area contributed by atoms with E-state index in [0.29, 0.717) is 32.6 Å². The molecule has 1 saturated carbocycles. The molecule has 0 saturated heterocycles. The molecule has 3 N–H and O–H groups in total. The van der Waals surface area contributed by atoms with Gasteiger partial charge in [-0.15, -0.1) is 0 Å². The quantitative estimate of drug-likeness (QED) is 0.472. The van der Waals surface area contributed by atoms with Crippen molar-refractivity contribution in [2.24, 2.45) is 5.41 Å². The number of aliphatic carboxylic acids is 1. The monoisotopic (exact) mass is 298 g/mol. The number of carboxylic acid groups (broad SMARTS) is 1. The molecule has 0 aromatic carbocycles. The molecule has 0 spiro atoms. The van der Waals surface area contributed by atoms with E-state index in [0.717, 1.165) is 24.8 Å².